The van der Waals surface area contributed by atoms with Crippen molar-refractivity contribution in [1.29, 1.82) is 0 Å². The first-order valence-corrected chi connectivity index (χ1v) is 18.9. The molecule has 12 aromatic rings. The third-order valence-corrected chi connectivity index (χ3v) is 12.0. The van der Waals surface area contributed by atoms with Crippen LogP contribution in [0.5, 0.6) is 0 Å². The maximum atomic E-state index is 6.19. The number of hydrogen-bond donors (Lipinski definition) is 0. The fourth-order valence-corrected chi connectivity index (χ4v) is 9.70. The number of rotatable bonds is 3. The van der Waals surface area contributed by atoms with Crippen LogP contribution in [-0.2, 0) is 0 Å². The second kappa shape index (κ2) is 10.6. The summed E-state index contributed by atoms with van der Waals surface area (Å²) < 4.78 is 11.0. The fourth-order valence-electron chi connectivity index (χ4n) is 9.70. The monoisotopic (exact) mass is 698 g/mol. The molecular formula is C52H30N2O. The second-order valence-corrected chi connectivity index (χ2v) is 14.9. The molecule has 1 aliphatic carbocycles. The Kier molecular flexibility index (Phi) is 5.63. The summed E-state index contributed by atoms with van der Waals surface area (Å²) in [6.45, 7) is 0. The lowest BCUT2D eigenvalue weighted by Gasteiger charge is -2.10. The summed E-state index contributed by atoms with van der Waals surface area (Å²) in [5.74, 6) is 0. The van der Waals surface area contributed by atoms with Crippen LogP contribution in [0.3, 0.4) is 0 Å². The van der Waals surface area contributed by atoms with Crippen LogP contribution < -0.4 is 0 Å². The molecule has 0 N–H and O–H groups in total. The molecule has 0 atom stereocenters. The Morgan fingerprint density at radius 2 is 0.909 bits per heavy atom. The summed E-state index contributed by atoms with van der Waals surface area (Å²) in [5, 5.41) is 9.96. The number of hydrogen-bond acceptors (Lipinski definition) is 1. The van der Waals surface area contributed by atoms with Crippen molar-refractivity contribution in [2.45, 2.75) is 0 Å². The van der Waals surface area contributed by atoms with Crippen molar-refractivity contribution in [3.8, 4) is 44.8 Å². The molecule has 3 heteroatoms. The Labute approximate surface area is 315 Å². The van der Waals surface area contributed by atoms with Crippen molar-refractivity contribution in [2.24, 2.45) is 0 Å². The van der Waals surface area contributed by atoms with Gasteiger partial charge in [-0.15, -0.1) is 0 Å². The summed E-state index contributed by atoms with van der Waals surface area (Å²) >= 11 is 0. The Morgan fingerprint density at radius 3 is 1.76 bits per heavy atom. The predicted octanol–water partition coefficient (Wildman–Crippen LogP) is 14.2. The maximum absolute atomic E-state index is 6.19. The first-order chi connectivity index (χ1) is 27.3. The van der Waals surface area contributed by atoms with Gasteiger partial charge in [-0.2, -0.15) is 0 Å². The summed E-state index contributed by atoms with van der Waals surface area (Å²) in [5.41, 5.74) is 16.6. The summed E-state index contributed by atoms with van der Waals surface area (Å²) in [4.78, 5) is 0. The van der Waals surface area contributed by atoms with Crippen molar-refractivity contribution < 1.29 is 4.42 Å². The number of para-hydroxylation sites is 3. The van der Waals surface area contributed by atoms with E-state index in [1.54, 1.807) is 0 Å². The van der Waals surface area contributed by atoms with E-state index in [0.717, 1.165) is 27.6 Å². The third-order valence-electron chi connectivity index (χ3n) is 12.0. The molecule has 0 amide bonds. The number of furan rings is 1. The summed E-state index contributed by atoms with van der Waals surface area (Å²) in [7, 11) is 0. The van der Waals surface area contributed by atoms with Crippen LogP contribution in [0.2, 0.25) is 0 Å². The van der Waals surface area contributed by atoms with Gasteiger partial charge in [-0.3, -0.25) is 0 Å². The largest absolute Gasteiger partial charge is 0.456 e. The van der Waals surface area contributed by atoms with E-state index in [1.807, 2.05) is 12.1 Å². The highest BCUT2D eigenvalue weighted by atomic mass is 16.3. The van der Waals surface area contributed by atoms with E-state index < -0.39 is 0 Å². The molecule has 0 saturated carbocycles. The van der Waals surface area contributed by atoms with Gasteiger partial charge in [0.1, 0.15) is 11.2 Å². The maximum Gasteiger partial charge on any atom is 0.135 e. The normalized spacial score (nSPS) is 12.4. The van der Waals surface area contributed by atoms with Crippen molar-refractivity contribution in [3.05, 3.63) is 182 Å². The number of nitrogens with zero attached hydrogens (tertiary/aromatic N) is 2. The van der Waals surface area contributed by atoms with Crippen LogP contribution in [-0.4, -0.2) is 9.13 Å². The molecule has 0 saturated heterocycles. The van der Waals surface area contributed by atoms with E-state index in [9.17, 15) is 0 Å². The minimum Gasteiger partial charge on any atom is -0.456 e. The number of fused-ring (bicyclic) bond motifs is 13. The van der Waals surface area contributed by atoms with Crippen molar-refractivity contribution in [3.63, 3.8) is 0 Å². The van der Waals surface area contributed by atoms with E-state index in [-0.39, 0.29) is 0 Å². The lowest BCUT2D eigenvalue weighted by molar-refractivity contribution is 0.669. The Balaban J connectivity index is 1.05. The highest BCUT2D eigenvalue weighted by Gasteiger charge is 2.25. The van der Waals surface area contributed by atoms with Gasteiger partial charge < -0.3 is 13.6 Å². The SMILES string of the molecule is c1ccc(-n2c3ccc(-c4ccc5c(c4)c4ccccc4n5-c4ccc5oc6ccccc6c5c4)cc3c3c4cccc5c4c(cc32)-c2ccccc2-5)cc1. The van der Waals surface area contributed by atoms with E-state index in [0.29, 0.717) is 0 Å². The molecular weight excluding hydrogens is 669 g/mol. The quantitative estimate of drug-likeness (QED) is 0.180. The molecule has 0 fully saturated rings. The van der Waals surface area contributed by atoms with Gasteiger partial charge in [0.25, 0.3) is 0 Å². The lowest BCUT2D eigenvalue weighted by atomic mass is 9.96. The van der Waals surface area contributed by atoms with Gasteiger partial charge in [0.15, 0.2) is 0 Å². The Bertz CT molecular complexity index is 3600. The third kappa shape index (κ3) is 3.89. The standard InChI is InChI=1S/C52H30N2O/c1-2-11-33(12-3-1)53-47-25-22-32(28-44(47)52-40-18-10-17-39-35-13-4-5-14-36(35)43(51(39)40)30-48(52)53)31-21-24-46-41(27-31)37-15-6-8-19-45(37)54(46)34-23-26-50-42(29-34)38-16-7-9-20-49(38)55-50/h1-30H. The van der Waals surface area contributed by atoms with Gasteiger partial charge in [0, 0.05) is 43.7 Å². The van der Waals surface area contributed by atoms with Gasteiger partial charge in [-0.1, -0.05) is 109 Å². The van der Waals surface area contributed by atoms with Crippen molar-refractivity contribution >= 4 is 76.3 Å². The molecule has 55 heavy (non-hydrogen) atoms. The molecule has 0 bridgehead atoms. The second-order valence-electron chi connectivity index (χ2n) is 14.9. The minimum atomic E-state index is 0.906. The molecule has 13 rings (SSSR count). The Morgan fingerprint density at radius 1 is 0.291 bits per heavy atom. The molecule has 254 valence electrons. The molecule has 1 aliphatic rings. The minimum absolute atomic E-state index is 0.906. The molecule has 3 nitrogen and oxygen atoms in total. The van der Waals surface area contributed by atoms with Crippen LogP contribution >= 0.6 is 0 Å². The fraction of sp³-hybridized carbons (Fsp3) is 0. The average Bonchev–Trinajstić information content (AvgIpc) is 3.98. The van der Waals surface area contributed by atoms with E-state index in [2.05, 4.69) is 179 Å². The first-order valence-electron chi connectivity index (χ1n) is 18.9. The van der Waals surface area contributed by atoms with Gasteiger partial charge in [-0.05, 0) is 117 Å². The average molecular weight is 699 g/mol. The van der Waals surface area contributed by atoms with Crippen molar-refractivity contribution in [1.82, 2.24) is 9.13 Å². The topological polar surface area (TPSA) is 23.0 Å². The highest BCUT2D eigenvalue weighted by molar-refractivity contribution is 6.29. The van der Waals surface area contributed by atoms with Gasteiger partial charge in [0.05, 0.1) is 22.1 Å². The number of benzene rings is 9. The summed E-state index contributed by atoms with van der Waals surface area (Å²) in [6, 6.07) is 66.6. The predicted molar refractivity (Wildman–Crippen MR) is 230 cm³/mol. The molecule has 3 heterocycles. The van der Waals surface area contributed by atoms with E-state index in [1.165, 1.54) is 93.5 Å². The first kappa shape index (κ1) is 29.1. The lowest BCUT2D eigenvalue weighted by Crippen LogP contribution is -1.94. The van der Waals surface area contributed by atoms with Crippen molar-refractivity contribution in [2.75, 3.05) is 0 Å². The van der Waals surface area contributed by atoms with Gasteiger partial charge in [0.2, 0.25) is 0 Å². The van der Waals surface area contributed by atoms with E-state index in [4.69, 9.17) is 4.42 Å². The smallest absolute Gasteiger partial charge is 0.135 e. The molecule has 0 unspecified atom stereocenters. The molecule has 0 spiro atoms. The molecule has 0 aliphatic heterocycles. The zero-order valence-electron chi connectivity index (χ0n) is 29.6. The van der Waals surface area contributed by atoms with Gasteiger partial charge in [-0.25, -0.2) is 0 Å². The van der Waals surface area contributed by atoms with E-state index >= 15 is 0 Å². The zero-order chi connectivity index (χ0) is 35.8. The Hall–Kier alpha value is -7.36. The summed E-state index contributed by atoms with van der Waals surface area (Å²) in [6.07, 6.45) is 0. The van der Waals surface area contributed by atoms with Crippen LogP contribution in [0.15, 0.2) is 186 Å². The zero-order valence-corrected chi connectivity index (χ0v) is 29.6. The van der Waals surface area contributed by atoms with Crippen LogP contribution in [0.25, 0.3) is 121 Å². The van der Waals surface area contributed by atoms with Crippen LogP contribution in [0.1, 0.15) is 0 Å². The molecule has 9 aromatic carbocycles. The molecule has 0 radical (unpaired) electrons. The molecule has 3 aromatic heterocycles. The highest BCUT2D eigenvalue weighted by Crippen LogP contribution is 2.51. The van der Waals surface area contributed by atoms with Crippen LogP contribution in [0, 0.1) is 0 Å². The van der Waals surface area contributed by atoms with Gasteiger partial charge >= 0.3 is 0 Å². The number of aromatic nitrogens is 2. The van der Waals surface area contributed by atoms with Crippen LogP contribution in [0.4, 0.5) is 0 Å².